The fraction of sp³-hybridized carbons (Fsp3) is 0.294. The molecule has 0 amide bonds. The molecular formula is C17H19BrFN. The van der Waals surface area contributed by atoms with Crippen molar-refractivity contribution in [2.45, 2.75) is 32.7 Å². The Morgan fingerprint density at radius 3 is 2.50 bits per heavy atom. The van der Waals surface area contributed by atoms with Gasteiger partial charge in [0.15, 0.2) is 0 Å². The fourth-order valence-electron chi connectivity index (χ4n) is 2.16. The largest absolute Gasteiger partial charge is 0.378 e. The molecular weight excluding hydrogens is 317 g/mol. The Kier molecular flexibility index (Phi) is 4.81. The van der Waals surface area contributed by atoms with E-state index in [4.69, 9.17) is 0 Å². The van der Waals surface area contributed by atoms with Gasteiger partial charge >= 0.3 is 0 Å². The van der Waals surface area contributed by atoms with Gasteiger partial charge in [0, 0.05) is 15.7 Å². The van der Waals surface area contributed by atoms with Crippen molar-refractivity contribution in [2.24, 2.45) is 0 Å². The lowest BCUT2D eigenvalue weighted by Gasteiger charge is -2.18. The first kappa shape index (κ1) is 15.0. The predicted molar refractivity (Wildman–Crippen MR) is 86.7 cm³/mol. The van der Waals surface area contributed by atoms with Crippen molar-refractivity contribution in [3.8, 4) is 0 Å². The van der Waals surface area contributed by atoms with Gasteiger partial charge in [-0.05, 0) is 48.7 Å². The third kappa shape index (κ3) is 3.60. The summed E-state index contributed by atoms with van der Waals surface area (Å²) in [5.41, 5.74) is 2.95. The van der Waals surface area contributed by atoms with Crippen LogP contribution in [0.4, 0.5) is 10.1 Å². The normalized spacial score (nSPS) is 12.5. The van der Waals surface area contributed by atoms with Crippen molar-refractivity contribution < 1.29 is 4.39 Å². The van der Waals surface area contributed by atoms with E-state index in [1.165, 1.54) is 11.6 Å². The highest BCUT2D eigenvalue weighted by Gasteiger charge is 2.11. The Labute approximate surface area is 128 Å². The minimum Gasteiger partial charge on any atom is -0.378 e. The summed E-state index contributed by atoms with van der Waals surface area (Å²) in [7, 11) is 0. The Bertz CT molecular complexity index is 595. The fourth-order valence-corrected chi connectivity index (χ4v) is 2.54. The maximum atomic E-state index is 13.9. The standard InChI is InChI=1S/C17H19BrFN/c1-11(2)13-5-4-6-15(9-13)20-12(3)16-10-14(18)7-8-17(16)19/h4-12,20H,1-3H3. The molecule has 0 aromatic heterocycles. The second kappa shape index (κ2) is 6.40. The van der Waals surface area contributed by atoms with Crippen LogP contribution in [-0.2, 0) is 0 Å². The first-order valence-corrected chi connectivity index (χ1v) is 7.58. The smallest absolute Gasteiger partial charge is 0.128 e. The number of rotatable bonds is 4. The van der Waals surface area contributed by atoms with Gasteiger partial charge in [-0.2, -0.15) is 0 Å². The minimum absolute atomic E-state index is 0.0880. The highest BCUT2D eigenvalue weighted by Crippen LogP contribution is 2.26. The third-order valence-corrected chi connectivity index (χ3v) is 3.85. The summed E-state index contributed by atoms with van der Waals surface area (Å²) in [5, 5.41) is 3.36. The molecule has 106 valence electrons. The van der Waals surface area contributed by atoms with Crippen LogP contribution in [0.25, 0.3) is 0 Å². The molecule has 0 aliphatic rings. The lowest BCUT2D eigenvalue weighted by atomic mass is 10.0. The van der Waals surface area contributed by atoms with Crippen LogP contribution in [0.2, 0.25) is 0 Å². The third-order valence-electron chi connectivity index (χ3n) is 3.36. The van der Waals surface area contributed by atoms with Gasteiger partial charge in [-0.25, -0.2) is 4.39 Å². The molecule has 0 saturated carbocycles. The molecule has 0 fully saturated rings. The Morgan fingerprint density at radius 2 is 1.80 bits per heavy atom. The first-order chi connectivity index (χ1) is 9.47. The van der Waals surface area contributed by atoms with E-state index >= 15 is 0 Å². The Hall–Kier alpha value is -1.35. The summed E-state index contributed by atoms with van der Waals surface area (Å²) < 4.78 is 14.8. The highest BCUT2D eigenvalue weighted by molar-refractivity contribution is 9.10. The molecule has 2 aromatic rings. The van der Waals surface area contributed by atoms with Crippen LogP contribution in [0.3, 0.4) is 0 Å². The molecule has 2 rings (SSSR count). The van der Waals surface area contributed by atoms with Crippen molar-refractivity contribution in [1.29, 1.82) is 0 Å². The molecule has 20 heavy (non-hydrogen) atoms. The number of halogens is 2. The number of benzene rings is 2. The van der Waals surface area contributed by atoms with Crippen LogP contribution in [0.15, 0.2) is 46.9 Å². The molecule has 0 radical (unpaired) electrons. The van der Waals surface area contributed by atoms with Gasteiger partial charge in [0.2, 0.25) is 0 Å². The van der Waals surface area contributed by atoms with Crippen molar-refractivity contribution in [3.63, 3.8) is 0 Å². The van der Waals surface area contributed by atoms with E-state index in [-0.39, 0.29) is 11.9 Å². The van der Waals surface area contributed by atoms with Crippen LogP contribution in [0.5, 0.6) is 0 Å². The maximum Gasteiger partial charge on any atom is 0.128 e. The summed E-state index contributed by atoms with van der Waals surface area (Å²) in [6.07, 6.45) is 0. The van der Waals surface area contributed by atoms with Crippen molar-refractivity contribution in [3.05, 3.63) is 63.9 Å². The molecule has 1 unspecified atom stereocenters. The number of hydrogen-bond donors (Lipinski definition) is 1. The summed E-state index contributed by atoms with van der Waals surface area (Å²) in [4.78, 5) is 0. The second-order valence-electron chi connectivity index (χ2n) is 5.31. The molecule has 0 heterocycles. The van der Waals surface area contributed by atoms with E-state index < -0.39 is 0 Å². The van der Waals surface area contributed by atoms with Crippen LogP contribution in [0, 0.1) is 5.82 Å². The molecule has 0 spiro atoms. The van der Waals surface area contributed by atoms with E-state index in [1.807, 2.05) is 25.1 Å². The van der Waals surface area contributed by atoms with Crippen LogP contribution < -0.4 is 5.32 Å². The molecule has 0 aliphatic heterocycles. The van der Waals surface area contributed by atoms with E-state index in [0.29, 0.717) is 11.5 Å². The molecule has 1 atom stereocenters. The molecule has 2 aromatic carbocycles. The summed E-state index contributed by atoms with van der Waals surface area (Å²) in [5.74, 6) is 0.294. The van der Waals surface area contributed by atoms with E-state index in [1.54, 1.807) is 6.07 Å². The van der Waals surface area contributed by atoms with E-state index in [9.17, 15) is 4.39 Å². The predicted octanol–water partition coefficient (Wildman–Crippen LogP) is 5.88. The number of anilines is 1. The minimum atomic E-state index is -0.187. The lowest BCUT2D eigenvalue weighted by molar-refractivity contribution is 0.600. The zero-order valence-electron chi connectivity index (χ0n) is 12.0. The van der Waals surface area contributed by atoms with Crippen LogP contribution >= 0.6 is 15.9 Å². The van der Waals surface area contributed by atoms with Gasteiger partial charge in [0.1, 0.15) is 5.82 Å². The quantitative estimate of drug-likeness (QED) is 0.735. The van der Waals surface area contributed by atoms with Gasteiger partial charge in [-0.1, -0.05) is 41.9 Å². The van der Waals surface area contributed by atoms with Crippen LogP contribution in [-0.4, -0.2) is 0 Å². The zero-order valence-corrected chi connectivity index (χ0v) is 13.5. The zero-order chi connectivity index (χ0) is 14.7. The van der Waals surface area contributed by atoms with E-state index in [0.717, 1.165) is 10.2 Å². The van der Waals surface area contributed by atoms with Crippen molar-refractivity contribution in [1.82, 2.24) is 0 Å². The Morgan fingerprint density at radius 1 is 1.05 bits per heavy atom. The monoisotopic (exact) mass is 335 g/mol. The molecule has 3 heteroatoms. The molecule has 1 N–H and O–H groups in total. The van der Waals surface area contributed by atoms with Gasteiger partial charge < -0.3 is 5.32 Å². The Balaban J connectivity index is 2.21. The molecule has 1 nitrogen and oxygen atoms in total. The van der Waals surface area contributed by atoms with Gasteiger partial charge in [-0.15, -0.1) is 0 Å². The van der Waals surface area contributed by atoms with Crippen molar-refractivity contribution in [2.75, 3.05) is 5.32 Å². The average Bonchev–Trinajstić information content (AvgIpc) is 2.41. The highest BCUT2D eigenvalue weighted by atomic mass is 79.9. The molecule has 0 saturated heterocycles. The van der Waals surface area contributed by atoms with Gasteiger partial charge in [-0.3, -0.25) is 0 Å². The maximum absolute atomic E-state index is 13.9. The first-order valence-electron chi connectivity index (χ1n) is 6.79. The lowest BCUT2D eigenvalue weighted by Crippen LogP contribution is -2.09. The summed E-state index contributed by atoms with van der Waals surface area (Å²) in [6, 6.07) is 13.2. The average molecular weight is 336 g/mol. The summed E-state index contributed by atoms with van der Waals surface area (Å²) in [6.45, 7) is 6.29. The van der Waals surface area contributed by atoms with Crippen molar-refractivity contribution >= 4 is 21.6 Å². The topological polar surface area (TPSA) is 12.0 Å². The number of nitrogens with one attached hydrogen (secondary N) is 1. The number of hydrogen-bond acceptors (Lipinski definition) is 1. The molecule has 0 bridgehead atoms. The SMILES string of the molecule is CC(C)c1cccc(NC(C)c2cc(Br)ccc2F)c1. The molecule has 0 aliphatic carbocycles. The van der Waals surface area contributed by atoms with Gasteiger partial charge in [0.05, 0.1) is 6.04 Å². The summed E-state index contributed by atoms with van der Waals surface area (Å²) >= 11 is 3.39. The second-order valence-corrected chi connectivity index (χ2v) is 6.23. The van der Waals surface area contributed by atoms with E-state index in [2.05, 4.69) is 47.2 Å². The van der Waals surface area contributed by atoms with Crippen LogP contribution in [0.1, 0.15) is 43.9 Å². The van der Waals surface area contributed by atoms with Gasteiger partial charge in [0.25, 0.3) is 0 Å².